The van der Waals surface area contributed by atoms with Crippen LogP contribution in [0.5, 0.6) is 17.2 Å². The Kier molecular flexibility index (Phi) is 9.14. The second-order valence-corrected chi connectivity index (χ2v) is 9.66. The van der Waals surface area contributed by atoms with Crippen molar-refractivity contribution in [3.8, 4) is 28.4 Å². The van der Waals surface area contributed by atoms with Crippen molar-refractivity contribution in [1.82, 2.24) is 0 Å². The first kappa shape index (κ1) is 28.7. The van der Waals surface area contributed by atoms with Gasteiger partial charge in [0.1, 0.15) is 30.5 Å². The third kappa shape index (κ3) is 8.11. The van der Waals surface area contributed by atoms with Gasteiger partial charge in [-0.05, 0) is 77.4 Å². The standard InChI is InChI=1S/C36H30N2O5/c37-30-22-29(23-31(38)24-30)36(40)43-34-17-11-27(12-18-34)26-9-15-33(16-10-26)42-21-20-41-32-13-6-25(7-14-32)8-19-35(39)28-4-2-1-3-5-28/h1-19,22-24H,20-21,37-38H2. The number of hydrogen-bond donors (Lipinski definition) is 2. The van der Waals surface area contributed by atoms with Crippen molar-refractivity contribution < 1.29 is 23.8 Å². The highest BCUT2D eigenvalue weighted by atomic mass is 16.5. The molecule has 0 heterocycles. The molecule has 0 unspecified atom stereocenters. The van der Waals surface area contributed by atoms with Gasteiger partial charge in [0, 0.05) is 16.9 Å². The minimum atomic E-state index is -0.529. The first-order valence-corrected chi connectivity index (χ1v) is 13.6. The molecule has 0 saturated carbocycles. The van der Waals surface area contributed by atoms with Gasteiger partial charge in [0.15, 0.2) is 5.78 Å². The van der Waals surface area contributed by atoms with Crippen molar-refractivity contribution in [3.05, 3.63) is 144 Å². The van der Waals surface area contributed by atoms with Crippen molar-refractivity contribution in [2.24, 2.45) is 0 Å². The van der Waals surface area contributed by atoms with Crippen LogP contribution in [0.1, 0.15) is 26.3 Å². The second-order valence-electron chi connectivity index (χ2n) is 9.66. The number of ether oxygens (including phenoxy) is 3. The largest absolute Gasteiger partial charge is 0.490 e. The summed E-state index contributed by atoms with van der Waals surface area (Å²) in [5.74, 6) is 1.29. The minimum Gasteiger partial charge on any atom is -0.490 e. The van der Waals surface area contributed by atoms with Gasteiger partial charge in [-0.3, -0.25) is 4.79 Å². The van der Waals surface area contributed by atoms with E-state index in [4.69, 9.17) is 25.7 Å². The van der Waals surface area contributed by atoms with Crippen LogP contribution in [0.4, 0.5) is 11.4 Å². The SMILES string of the molecule is Nc1cc(N)cc(C(=O)Oc2ccc(-c3ccc(OCCOc4ccc(C=CC(=O)c5ccccc5)cc4)cc3)cc2)c1. The van der Waals surface area contributed by atoms with Crippen LogP contribution < -0.4 is 25.7 Å². The molecule has 0 aliphatic heterocycles. The smallest absolute Gasteiger partial charge is 0.343 e. The Morgan fingerprint density at radius 2 is 1.09 bits per heavy atom. The maximum atomic E-state index is 12.4. The molecule has 5 aromatic carbocycles. The van der Waals surface area contributed by atoms with Gasteiger partial charge in [-0.25, -0.2) is 4.79 Å². The number of nitrogen functional groups attached to an aromatic ring is 2. The summed E-state index contributed by atoms with van der Waals surface area (Å²) >= 11 is 0. The van der Waals surface area contributed by atoms with Crippen LogP contribution in [0.2, 0.25) is 0 Å². The molecule has 0 amide bonds. The molecule has 0 radical (unpaired) electrons. The zero-order valence-electron chi connectivity index (χ0n) is 23.3. The molecular formula is C36H30N2O5. The highest BCUT2D eigenvalue weighted by molar-refractivity contribution is 6.06. The second kappa shape index (κ2) is 13.7. The molecule has 7 nitrogen and oxygen atoms in total. The minimum absolute atomic E-state index is 0.0379. The van der Waals surface area contributed by atoms with E-state index >= 15 is 0 Å². The lowest BCUT2D eigenvalue weighted by Gasteiger charge is -2.10. The Bertz CT molecular complexity index is 1690. The molecular weight excluding hydrogens is 540 g/mol. The quantitative estimate of drug-likeness (QED) is 0.0435. The molecule has 0 bridgehead atoms. The average Bonchev–Trinajstić information content (AvgIpc) is 3.03. The maximum absolute atomic E-state index is 12.4. The summed E-state index contributed by atoms with van der Waals surface area (Å²) in [5.41, 5.74) is 16.1. The van der Waals surface area contributed by atoms with E-state index in [2.05, 4.69) is 0 Å². The first-order chi connectivity index (χ1) is 20.9. The first-order valence-electron chi connectivity index (χ1n) is 13.6. The van der Waals surface area contributed by atoms with Crippen molar-refractivity contribution >= 4 is 29.2 Å². The molecule has 0 spiro atoms. The molecule has 0 atom stereocenters. The molecule has 5 rings (SSSR count). The number of allylic oxidation sites excluding steroid dienone is 1. The Morgan fingerprint density at radius 3 is 1.65 bits per heavy atom. The summed E-state index contributed by atoms with van der Waals surface area (Å²) < 4.78 is 17.1. The molecule has 0 aliphatic carbocycles. The van der Waals surface area contributed by atoms with Crippen LogP contribution in [0.15, 0.2) is 127 Å². The van der Waals surface area contributed by atoms with Crippen LogP contribution in [-0.4, -0.2) is 25.0 Å². The molecule has 7 heteroatoms. The van der Waals surface area contributed by atoms with Crippen LogP contribution >= 0.6 is 0 Å². The van der Waals surface area contributed by atoms with Gasteiger partial charge in [-0.15, -0.1) is 0 Å². The number of anilines is 2. The average molecular weight is 571 g/mol. The summed E-state index contributed by atoms with van der Waals surface area (Å²) in [6.45, 7) is 0.761. The summed E-state index contributed by atoms with van der Waals surface area (Å²) in [7, 11) is 0. The summed E-state index contributed by atoms with van der Waals surface area (Å²) in [4.78, 5) is 24.7. The fourth-order valence-corrected chi connectivity index (χ4v) is 4.28. The molecule has 0 saturated heterocycles. The number of ketones is 1. The lowest BCUT2D eigenvalue weighted by molar-refractivity contribution is 0.0734. The van der Waals surface area contributed by atoms with Crippen molar-refractivity contribution in [2.45, 2.75) is 0 Å². The number of benzene rings is 5. The third-order valence-electron chi connectivity index (χ3n) is 6.45. The topological polar surface area (TPSA) is 114 Å². The van der Waals surface area contributed by atoms with Gasteiger partial charge in [0.05, 0.1) is 5.56 Å². The zero-order chi connectivity index (χ0) is 30.0. The van der Waals surface area contributed by atoms with E-state index in [9.17, 15) is 9.59 Å². The van der Waals surface area contributed by atoms with Gasteiger partial charge in [0.25, 0.3) is 0 Å². The van der Waals surface area contributed by atoms with Gasteiger partial charge >= 0.3 is 5.97 Å². The maximum Gasteiger partial charge on any atom is 0.343 e. The van der Waals surface area contributed by atoms with E-state index in [1.54, 1.807) is 42.5 Å². The van der Waals surface area contributed by atoms with E-state index in [1.165, 1.54) is 12.1 Å². The van der Waals surface area contributed by atoms with E-state index in [1.807, 2.05) is 78.9 Å². The molecule has 0 aromatic heterocycles. The van der Waals surface area contributed by atoms with Crippen molar-refractivity contribution in [1.29, 1.82) is 0 Å². The lowest BCUT2D eigenvalue weighted by atomic mass is 10.1. The fourth-order valence-electron chi connectivity index (χ4n) is 4.28. The number of carbonyl (C=O) groups is 2. The Balaban J connectivity index is 1.06. The fraction of sp³-hybridized carbons (Fsp3) is 0.0556. The summed E-state index contributed by atoms with van der Waals surface area (Å²) in [6, 6.07) is 36.2. The Hall–Kier alpha value is -5.82. The molecule has 0 aliphatic rings. The van der Waals surface area contributed by atoms with E-state index < -0.39 is 5.97 Å². The number of hydrogen-bond acceptors (Lipinski definition) is 7. The number of rotatable bonds is 11. The molecule has 43 heavy (non-hydrogen) atoms. The summed E-state index contributed by atoms with van der Waals surface area (Å²) in [6.07, 6.45) is 3.35. The third-order valence-corrected chi connectivity index (χ3v) is 6.45. The van der Waals surface area contributed by atoms with E-state index in [0.29, 0.717) is 41.5 Å². The molecule has 0 fully saturated rings. The Labute approximate surface area is 250 Å². The van der Waals surface area contributed by atoms with Crippen LogP contribution in [-0.2, 0) is 0 Å². The van der Waals surface area contributed by atoms with Gasteiger partial charge in [-0.1, -0.05) is 72.8 Å². The number of esters is 1. The number of nitrogens with two attached hydrogens (primary N) is 2. The molecule has 5 aromatic rings. The van der Waals surface area contributed by atoms with Gasteiger partial charge < -0.3 is 25.7 Å². The van der Waals surface area contributed by atoms with Gasteiger partial charge in [0.2, 0.25) is 0 Å². The van der Waals surface area contributed by atoms with Crippen molar-refractivity contribution in [3.63, 3.8) is 0 Å². The lowest BCUT2D eigenvalue weighted by Crippen LogP contribution is -2.09. The highest BCUT2D eigenvalue weighted by Crippen LogP contribution is 2.25. The molecule has 214 valence electrons. The van der Waals surface area contributed by atoms with Gasteiger partial charge in [-0.2, -0.15) is 0 Å². The summed E-state index contributed by atoms with van der Waals surface area (Å²) in [5, 5.41) is 0. The monoisotopic (exact) mass is 570 g/mol. The Morgan fingerprint density at radius 1 is 0.581 bits per heavy atom. The predicted molar refractivity (Wildman–Crippen MR) is 169 cm³/mol. The molecule has 4 N–H and O–H groups in total. The van der Waals surface area contributed by atoms with Crippen LogP contribution in [0.25, 0.3) is 17.2 Å². The zero-order valence-corrected chi connectivity index (χ0v) is 23.3. The predicted octanol–water partition coefficient (Wildman–Crippen LogP) is 7.09. The normalized spacial score (nSPS) is 10.8. The van der Waals surface area contributed by atoms with Crippen molar-refractivity contribution in [2.75, 3.05) is 24.7 Å². The van der Waals surface area contributed by atoms with Crippen LogP contribution in [0, 0.1) is 0 Å². The highest BCUT2D eigenvalue weighted by Gasteiger charge is 2.11. The van der Waals surface area contributed by atoms with E-state index in [0.717, 1.165) is 28.2 Å². The number of carbonyl (C=O) groups excluding carboxylic acids is 2. The van der Waals surface area contributed by atoms with E-state index in [-0.39, 0.29) is 5.78 Å². The van der Waals surface area contributed by atoms with Crippen LogP contribution in [0.3, 0.4) is 0 Å².